The number of benzene rings is 1. The lowest BCUT2D eigenvalue weighted by atomic mass is 9.87. The van der Waals surface area contributed by atoms with Crippen molar-refractivity contribution >= 4 is 32.5 Å². The number of rotatable bonds is 10. The first-order chi connectivity index (χ1) is 15.3. The second-order valence-corrected chi connectivity index (χ2v) is 9.81. The molecule has 170 valence electrons. The van der Waals surface area contributed by atoms with Crippen molar-refractivity contribution in [2.45, 2.75) is 19.4 Å². The summed E-state index contributed by atoms with van der Waals surface area (Å²) in [7, 11) is 0.610. The van der Waals surface area contributed by atoms with Crippen LogP contribution in [0.4, 0.5) is 5.69 Å². The Morgan fingerprint density at radius 3 is 2.72 bits per heavy atom. The van der Waals surface area contributed by atoms with E-state index in [1.54, 1.807) is 18.5 Å². The third-order valence-electron chi connectivity index (χ3n) is 5.41. The SMILES string of the molecule is CN(C)CCn1nc2c3c(c(NCCCCOS(C)(=O)=O)ccc31)C(=O)c1ccncc1-2. The summed E-state index contributed by atoms with van der Waals surface area (Å²) in [5.74, 6) is -0.0458. The van der Waals surface area contributed by atoms with Crippen molar-refractivity contribution in [1.82, 2.24) is 19.7 Å². The average molecular weight is 458 g/mol. The molecular weight excluding hydrogens is 430 g/mol. The van der Waals surface area contributed by atoms with Gasteiger partial charge in [0.25, 0.3) is 10.1 Å². The molecule has 0 fully saturated rings. The zero-order chi connectivity index (χ0) is 22.9. The van der Waals surface area contributed by atoms with Crippen LogP contribution in [0, 0.1) is 0 Å². The molecule has 0 bridgehead atoms. The van der Waals surface area contributed by atoms with Crippen molar-refractivity contribution in [2.24, 2.45) is 0 Å². The van der Waals surface area contributed by atoms with Crippen LogP contribution < -0.4 is 5.32 Å². The molecule has 0 saturated carbocycles. The van der Waals surface area contributed by atoms with Crippen LogP contribution in [0.2, 0.25) is 0 Å². The largest absolute Gasteiger partial charge is 0.384 e. The number of pyridine rings is 1. The molecule has 0 saturated heterocycles. The number of unbranched alkanes of at least 4 members (excludes halogenated alkanes) is 1. The summed E-state index contributed by atoms with van der Waals surface area (Å²) in [5.41, 5.74) is 4.44. The zero-order valence-electron chi connectivity index (χ0n) is 18.5. The van der Waals surface area contributed by atoms with Crippen molar-refractivity contribution < 1.29 is 17.4 Å². The minimum absolute atomic E-state index is 0.0458. The highest BCUT2D eigenvalue weighted by molar-refractivity contribution is 7.85. The quantitative estimate of drug-likeness (QED) is 0.286. The maximum atomic E-state index is 13.4. The summed E-state index contributed by atoms with van der Waals surface area (Å²) < 4.78 is 28.9. The first-order valence-corrected chi connectivity index (χ1v) is 12.3. The number of hydrogen-bond acceptors (Lipinski definition) is 8. The summed E-state index contributed by atoms with van der Waals surface area (Å²) in [6.45, 7) is 2.27. The highest BCUT2D eigenvalue weighted by atomic mass is 32.2. The highest BCUT2D eigenvalue weighted by Gasteiger charge is 2.31. The van der Waals surface area contributed by atoms with E-state index in [0.29, 0.717) is 37.1 Å². The first-order valence-electron chi connectivity index (χ1n) is 10.5. The minimum atomic E-state index is -3.42. The predicted molar refractivity (Wildman–Crippen MR) is 123 cm³/mol. The van der Waals surface area contributed by atoms with Gasteiger partial charge in [0.15, 0.2) is 5.78 Å². The van der Waals surface area contributed by atoms with E-state index in [1.165, 1.54) is 0 Å². The van der Waals surface area contributed by atoms with Crippen LogP contribution in [0.3, 0.4) is 0 Å². The Morgan fingerprint density at radius 2 is 1.97 bits per heavy atom. The molecule has 1 N–H and O–H groups in total. The van der Waals surface area contributed by atoms with Crippen LogP contribution in [0.5, 0.6) is 0 Å². The van der Waals surface area contributed by atoms with Crippen molar-refractivity contribution in [3.8, 4) is 11.3 Å². The normalized spacial score (nSPS) is 13.1. The second kappa shape index (κ2) is 8.97. The molecule has 2 heterocycles. The van der Waals surface area contributed by atoms with Crippen molar-refractivity contribution in [3.63, 3.8) is 0 Å². The van der Waals surface area contributed by atoms with Crippen molar-refractivity contribution in [1.29, 1.82) is 0 Å². The van der Waals surface area contributed by atoms with Gasteiger partial charge in [0.05, 0.1) is 30.5 Å². The smallest absolute Gasteiger partial charge is 0.264 e. The van der Waals surface area contributed by atoms with Gasteiger partial charge in [0, 0.05) is 47.7 Å². The number of ketones is 1. The summed E-state index contributed by atoms with van der Waals surface area (Å²) in [4.78, 5) is 19.7. The summed E-state index contributed by atoms with van der Waals surface area (Å²) in [6.07, 6.45) is 5.67. The number of likely N-dealkylation sites (N-methyl/N-ethyl adjacent to an activating group) is 1. The molecular formula is C22H27N5O4S. The van der Waals surface area contributed by atoms with Gasteiger partial charge in [-0.3, -0.25) is 18.6 Å². The van der Waals surface area contributed by atoms with Crippen molar-refractivity contribution in [2.75, 3.05) is 45.4 Å². The Bertz CT molecular complexity index is 1270. The Balaban J connectivity index is 1.64. The van der Waals surface area contributed by atoms with E-state index in [2.05, 4.69) is 15.2 Å². The number of nitrogens with one attached hydrogen (secondary N) is 1. The molecule has 0 amide bonds. The summed E-state index contributed by atoms with van der Waals surface area (Å²) in [5, 5.41) is 9.05. The fourth-order valence-corrected chi connectivity index (χ4v) is 4.30. The molecule has 4 rings (SSSR count). The van der Waals surface area contributed by atoms with E-state index in [0.717, 1.165) is 40.6 Å². The molecule has 0 unspecified atom stereocenters. The van der Waals surface area contributed by atoms with Crippen molar-refractivity contribution in [3.05, 3.63) is 41.7 Å². The van der Waals surface area contributed by atoms with Gasteiger partial charge in [-0.15, -0.1) is 0 Å². The van der Waals surface area contributed by atoms with Crippen LogP contribution in [-0.4, -0.2) is 73.9 Å². The van der Waals surface area contributed by atoms with E-state index in [4.69, 9.17) is 9.28 Å². The number of hydrogen-bond donors (Lipinski definition) is 1. The lowest BCUT2D eigenvalue weighted by molar-refractivity contribution is 0.104. The van der Waals surface area contributed by atoms with E-state index in [1.807, 2.05) is 30.9 Å². The molecule has 1 aliphatic carbocycles. The molecule has 1 aliphatic rings. The van der Waals surface area contributed by atoms with Gasteiger partial charge in [-0.25, -0.2) is 0 Å². The van der Waals surface area contributed by atoms with Gasteiger partial charge in [0.2, 0.25) is 0 Å². The standard InChI is InChI=1S/C22H27N5O4S/c1-26(2)11-12-27-18-7-6-17(24-9-4-5-13-31-32(3,29)30)19-20(18)21(25-27)16-14-23-10-8-15(16)22(19)28/h6-8,10,14,24H,4-5,9,11-13H2,1-3H3. The molecule has 0 atom stereocenters. The molecule has 0 radical (unpaired) electrons. The van der Waals surface area contributed by atoms with E-state index < -0.39 is 10.1 Å². The molecule has 3 aromatic rings. The summed E-state index contributed by atoms with van der Waals surface area (Å²) >= 11 is 0. The van der Waals surface area contributed by atoms with Crippen LogP contribution in [0.15, 0.2) is 30.6 Å². The highest BCUT2D eigenvalue weighted by Crippen LogP contribution is 2.41. The lowest BCUT2D eigenvalue weighted by Crippen LogP contribution is -2.19. The van der Waals surface area contributed by atoms with Gasteiger partial charge in [-0.2, -0.15) is 13.5 Å². The summed E-state index contributed by atoms with van der Waals surface area (Å²) in [6, 6.07) is 5.66. The zero-order valence-corrected chi connectivity index (χ0v) is 19.3. The number of nitrogens with zero attached hydrogens (tertiary/aromatic N) is 4. The van der Waals surface area contributed by atoms with Crippen LogP contribution in [0.25, 0.3) is 22.2 Å². The molecule has 9 nitrogen and oxygen atoms in total. The molecule has 1 aromatic carbocycles. The fourth-order valence-electron chi connectivity index (χ4n) is 3.88. The van der Waals surface area contributed by atoms with Gasteiger partial charge < -0.3 is 10.2 Å². The Kier molecular flexibility index (Phi) is 6.27. The Hall–Kier alpha value is -2.82. The van der Waals surface area contributed by atoms with Crippen LogP contribution in [0.1, 0.15) is 28.8 Å². The second-order valence-electron chi connectivity index (χ2n) is 8.17. The monoisotopic (exact) mass is 457 g/mol. The number of aromatic nitrogens is 3. The fraction of sp³-hybridized carbons (Fsp3) is 0.409. The number of carbonyl (C=O) groups excluding carboxylic acids is 1. The van der Waals surface area contributed by atoms with Gasteiger partial charge >= 0.3 is 0 Å². The van der Waals surface area contributed by atoms with Crippen LogP contribution in [-0.2, 0) is 20.8 Å². The van der Waals surface area contributed by atoms with Gasteiger partial charge in [-0.1, -0.05) is 0 Å². The van der Waals surface area contributed by atoms with E-state index in [9.17, 15) is 13.2 Å². The number of fused-ring (bicyclic) bond motifs is 2. The predicted octanol–water partition coefficient (Wildman–Crippen LogP) is 2.37. The topological polar surface area (TPSA) is 106 Å². The van der Waals surface area contributed by atoms with Crippen LogP contribution >= 0.6 is 0 Å². The molecule has 10 heteroatoms. The lowest BCUT2D eigenvalue weighted by Gasteiger charge is -2.18. The van der Waals surface area contributed by atoms with Gasteiger partial charge in [-0.05, 0) is 45.1 Å². The molecule has 32 heavy (non-hydrogen) atoms. The molecule has 2 aromatic heterocycles. The third kappa shape index (κ3) is 4.52. The average Bonchev–Trinajstić information content (AvgIpc) is 3.11. The number of carbonyl (C=O) groups is 1. The molecule has 0 spiro atoms. The first kappa shape index (κ1) is 22.4. The maximum Gasteiger partial charge on any atom is 0.264 e. The molecule has 0 aliphatic heterocycles. The number of anilines is 1. The third-order valence-corrected chi connectivity index (χ3v) is 6.00. The maximum absolute atomic E-state index is 13.4. The van der Waals surface area contributed by atoms with Gasteiger partial charge in [0.1, 0.15) is 5.69 Å². The Morgan fingerprint density at radius 1 is 1.16 bits per heavy atom. The Labute approximate surface area is 187 Å². The minimum Gasteiger partial charge on any atom is -0.384 e. The van der Waals surface area contributed by atoms with E-state index >= 15 is 0 Å². The van der Waals surface area contributed by atoms with E-state index in [-0.39, 0.29) is 12.4 Å².